The molecule has 3 aromatic rings. The number of benzene rings is 2. The van der Waals surface area contributed by atoms with Crippen molar-refractivity contribution >= 4 is 23.3 Å². The highest BCUT2D eigenvalue weighted by molar-refractivity contribution is 6.30. The van der Waals surface area contributed by atoms with E-state index in [0.717, 1.165) is 29.2 Å². The van der Waals surface area contributed by atoms with Gasteiger partial charge in [-0.05, 0) is 42.3 Å². The Morgan fingerprint density at radius 1 is 1.19 bits per heavy atom. The summed E-state index contributed by atoms with van der Waals surface area (Å²) in [6, 6.07) is 14.2. The Hall–Kier alpha value is -3.20. The molecule has 2 heterocycles. The van der Waals surface area contributed by atoms with Crippen LogP contribution in [0.4, 0.5) is 19.0 Å². The van der Waals surface area contributed by atoms with Crippen molar-refractivity contribution in [3.63, 3.8) is 0 Å². The first-order valence-corrected chi connectivity index (χ1v) is 9.87. The molecule has 31 heavy (non-hydrogen) atoms. The molecular formula is C21H18ClF3N4O2. The van der Waals surface area contributed by atoms with Gasteiger partial charge in [0.2, 0.25) is 0 Å². The highest BCUT2D eigenvalue weighted by Gasteiger charge is 2.31. The van der Waals surface area contributed by atoms with Crippen LogP contribution in [0.25, 0.3) is 11.3 Å². The van der Waals surface area contributed by atoms with Gasteiger partial charge in [-0.3, -0.25) is 9.89 Å². The Morgan fingerprint density at radius 3 is 2.71 bits per heavy atom. The van der Waals surface area contributed by atoms with Crippen LogP contribution in [0.3, 0.4) is 0 Å². The molecule has 1 atom stereocenters. The van der Waals surface area contributed by atoms with Crippen molar-refractivity contribution in [3.8, 4) is 17.0 Å². The fourth-order valence-electron chi connectivity index (χ4n) is 3.44. The first kappa shape index (κ1) is 21.0. The maximum Gasteiger partial charge on any atom is 0.573 e. The number of amides is 1. The summed E-state index contributed by atoms with van der Waals surface area (Å²) < 4.78 is 41.0. The molecule has 2 N–H and O–H groups in total. The van der Waals surface area contributed by atoms with Gasteiger partial charge >= 0.3 is 6.36 Å². The average Bonchev–Trinajstić information content (AvgIpc) is 3.37. The van der Waals surface area contributed by atoms with Crippen LogP contribution >= 0.6 is 11.6 Å². The van der Waals surface area contributed by atoms with Crippen molar-refractivity contribution in [3.05, 3.63) is 65.2 Å². The van der Waals surface area contributed by atoms with E-state index in [1.165, 1.54) is 12.1 Å². The van der Waals surface area contributed by atoms with Gasteiger partial charge in [0.05, 0.1) is 5.69 Å². The molecule has 0 aliphatic carbocycles. The molecule has 2 aromatic carbocycles. The SMILES string of the molecule is O=C(N[C@H]1CCN(c2cc(-c3ccc(Cl)cc3)[nH]n2)C1)c1cccc(OC(F)(F)F)c1. The molecule has 1 aromatic heterocycles. The molecule has 0 radical (unpaired) electrons. The monoisotopic (exact) mass is 450 g/mol. The second-order valence-electron chi connectivity index (χ2n) is 7.13. The Labute approximate surface area is 181 Å². The highest BCUT2D eigenvalue weighted by Crippen LogP contribution is 2.26. The van der Waals surface area contributed by atoms with E-state index in [1.807, 2.05) is 23.1 Å². The minimum atomic E-state index is -4.81. The molecule has 0 saturated carbocycles. The van der Waals surface area contributed by atoms with E-state index >= 15 is 0 Å². The number of nitrogens with one attached hydrogen (secondary N) is 2. The fraction of sp³-hybridized carbons (Fsp3) is 0.238. The number of hydrogen-bond donors (Lipinski definition) is 2. The van der Waals surface area contributed by atoms with Crippen molar-refractivity contribution in [2.24, 2.45) is 0 Å². The first-order chi connectivity index (χ1) is 14.8. The molecule has 0 bridgehead atoms. The van der Waals surface area contributed by atoms with Gasteiger partial charge in [-0.2, -0.15) is 5.10 Å². The Morgan fingerprint density at radius 2 is 1.97 bits per heavy atom. The van der Waals surface area contributed by atoms with Gasteiger partial charge < -0.3 is 15.0 Å². The molecule has 1 saturated heterocycles. The molecule has 0 spiro atoms. The van der Waals surface area contributed by atoms with E-state index in [0.29, 0.717) is 24.5 Å². The number of halogens is 4. The molecular weight excluding hydrogens is 433 g/mol. The third-order valence-corrected chi connectivity index (χ3v) is 5.15. The van der Waals surface area contributed by atoms with Crippen molar-refractivity contribution in [1.82, 2.24) is 15.5 Å². The maximum absolute atomic E-state index is 12.5. The van der Waals surface area contributed by atoms with Gasteiger partial charge in [0.15, 0.2) is 5.82 Å². The number of hydrogen-bond acceptors (Lipinski definition) is 4. The van der Waals surface area contributed by atoms with Crippen LogP contribution in [0, 0.1) is 0 Å². The lowest BCUT2D eigenvalue weighted by Gasteiger charge is -2.16. The zero-order chi connectivity index (χ0) is 22.0. The van der Waals surface area contributed by atoms with Crippen molar-refractivity contribution < 1.29 is 22.7 Å². The lowest BCUT2D eigenvalue weighted by molar-refractivity contribution is -0.274. The summed E-state index contributed by atoms with van der Waals surface area (Å²) in [5.74, 6) is -0.134. The molecule has 1 aliphatic heterocycles. The van der Waals surface area contributed by atoms with Crippen LogP contribution in [-0.2, 0) is 0 Å². The van der Waals surface area contributed by atoms with Crippen LogP contribution < -0.4 is 15.0 Å². The van der Waals surface area contributed by atoms with E-state index in [2.05, 4.69) is 20.3 Å². The van der Waals surface area contributed by atoms with Crippen LogP contribution in [-0.4, -0.2) is 41.6 Å². The van der Waals surface area contributed by atoms with Crippen molar-refractivity contribution in [2.75, 3.05) is 18.0 Å². The molecule has 6 nitrogen and oxygen atoms in total. The number of nitrogens with zero attached hydrogens (tertiary/aromatic N) is 2. The van der Waals surface area contributed by atoms with Gasteiger partial charge in [0.1, 0.15) is 5.75 Å². The number of aromatic nitrogens is 2. The third kappa shape index (κ3) is 5.29. The van der Waals surface area contributed by atoms with Gasteiger partial charge in [0, 0.05) is 35.8 Å². The number of H-pyrrole nitrogens is 1. The number of carbonyl (C=O) groups excluding carboxylic acids is 1. The van der Waals surface area contributed by atoms with E-state index in [-0.39, 0.29) is 11.6 Å². The minimum absolute atomic E-state index is 0.102. The molecule has 10 heteroatoms. The van der Waals surface area contributed by atoms with Crippen molar-refractivity contribution in [1.29, 1.82) is 0 Å². The van der Waals surface area contributed by atoms with Crippen LogP contribution in [0.2, 0.25) is 5.02 Å². The zero-order valence-electron chi connectivity index (χ0n) is 16.1. The van der Waals surface area contributed by atoms with Crippen molar-refractivity contribution in [2.45, 2.75) is 18.8 Å². The Bertz CT molecular complexity index is 1070. The molecule has 1 amide bonds. The lowest BCUT2D eigenvalue weighted by atomic mass is 10.1. The summed E-state index contributed by atoms with van der Waals surface area (Å²) in [7, 11) is 0. The summed E-state index contributed by atoms with van der Waals surface area (Å²) in [5.41, 5.74) is 1.90. The van der Waals surface area contributed by atoms with E-state index in [9.17, 15) is 18.0 Å². The van der Waals surface area contributed by atoms with Crippen LogP contribution in [0.5, 0.6) is 5.75 Å². The topological polar surface area (TPSA) is 70.2 Å². The first-order valence-electron chi connectivity index (χ1n) is 9.50. The summed E-state index contributed by atoms with van der Waals surface area (Å²) in [6.45, 7) is 1.22. The number of carbonyl (C=O) groups is 1. The summed E-state index contributed by atoms with van der Waals surface area (Å²) >= 11 is 5.92. The fourth-order valence-corrected chi connectivity index (χ4v) is 3.57. The quantitative estimate of drug-likeness (QED) is 0.594. The summed E-state index contributed by atoms with van der Waals surface area (Å²) in [4.78, 5) is 14.5. The Balaban J connectivity index is 1.37. The van der Waals surface area contributed by atoms with E-state index in [4.69, 9.17) is 11.6 Å². The van der Waals surface area contributed by atoms with Crippen LogP contribution in [0.15, 0.2) is 54.6 Å². The maximum atomic E-state index is 12.5. The molecule has 1 fully saturated rings. The Kier molecular flexibility index (Phi) is 5.77. The number of rotatable bonds is 5. The zero-order valence-corrected chi connectivity index (χ0v) is 16.9. The predicted molar refractivity (Wildman–Crippen MR) is 110 cm³/mol. The van der Waals surface area contributed by atoms with E-state index in [1.54, 1.807) is 12.1 Å². The average molecular weight is 451 g/mol. The molecule has 1 aliphatic rings. The van der Waals surface area contributed by atoms with E-state index < -0.39 is 18.0 Å². The number of alkyl halides is 3. The molecule has 0 unspecified atom stereocenters. The van der Waals surface area contributed by atoms with Crippen LogP contribution in [0.1, 0.15) is 16.8 Å². The minimum Gasteiger partial charge on any atom is -0.406 e. The normalized spacial score (nSPS) is 16.4. The van der Waals surface area contributed by atoms with Gasteiger partial charge in [0.25, 0.3) is 5.91 Å². The smallest absolute Gasteiger partial charge is 0.406 e. The largest absolute Gasteiger partial charge is 0.573 e. The predicted octanol–water partition coefficient (Wildman–Crippen LogP) is 4.64. The third-order valence-electron chi connectivity index (χ3n) is 4.90. The summed E-state index contributed by atoms with van der Waals surface area (Å²) in [6.07, 6.45) is -4.12. The second kappa shape index (κ2) is 8.50. The van der Waals surface area contributed by atoms with Gasteiger partial charge in [-0.25, -0.2) is 0 Å². The second-order valence-corrected chi connectivity index (χ2v) is 7.56. The standard InChI is InChI=1S/C21H18ClF3N4O2/c22-15-6-4-13(5-7-15)18-11-19(28-27-18)29-9-8-16(12-29)26-20(30)14-2-1-3-17(10-14)31-21(23,24)25/h1-7,10-11,16H,8-9,12H2,(H,26,30)(H,27,28)/t16-/m0/s1. The molecule has 162 valence electrons. The molecule has 4 rings (SSSR count). The lowest BCUT2D eigenvalue weighted by Crippen LogP contribution is -2.37. The highest BCUT2D eigenvalue weighted by atomic mass is 35.5. The number of aromatic amines is 1. The number of anilines is 1. The number of ether oxygens (including phenoxy) is 1. The van der Waals surface area contributed by atoms with Gasteiger partial charge in [-0.1, -0.05) is 29.8 Å². The summed E-state index contributed by atoms with van der Waals surface area (Å²) in [5, 5.41) is 10.9. The van der Waals surface area contributed by atoms with Gasteiger partial charge in [-0.15, -0.1) is 13.2 Å².